The lowest BCUT2D eigenvalue weighted by Gasteiger charge is -2.09. The second-order valence-corrected chi connectivity index (χ2v) is 8.74. The van der Waals surface area contributed by atoms with Crippen molar-refractivity contribution in [2.45, 2.75) is 18.7 Å². The second-order valence-electron chi connectivity index (χ2n) is 6.15. The minimum atomic E-state index is -3.84. The Morgan fingerprint density at radius 1 is 1.17 bits per heavy atom. The number of anilines is 2. The quantitative estimate of drug-likeness (QED) is 0.531. The Bertz CT molecular complexity index is 1130. The van der Waals surface area contributed by atoms with Gasteiger partial charge in [-0.15, -0.1) is 0 Å². The number of halogens is 1. The molecule has 0 bridgehead atoms. The topological polar surface area (TPSA) is 111 Å². The molecule has 2 aromatic carbocycles. The van der Waals surface area contributed by atoms with Crippen LogP contribution in [0.1, 0.15) is 11.3 Å². The SMILES string of the molecule is Cc1noc(NS(=O)(=O)c2ccc(NC(=O)COc3cccc(Br)c3)cc2)c1C. The molecule has 0 fully saturated rings. The molecule has 0 radical (unpaired) electrons. The maximum Gasteiger partial charge on any atom is 0.264 e. The molecular formula is C19H18BrN3O5S. The molecule has 10 heteroatoms. The number of ether oxygens (including phenoxy) is 1. The molecule has 2 N–H and O–H groups in total. The molecule has 0 aliphatic carbocycles. The molecule has 0 aliphatic rings. The van der Waals surface area contributed by atoms with Crippen molar-refractivity contribution in [1.82, 2.24) is 5.16 Å². The molecule has 1 heterocycles. The summed E-state index contributed by atoms with van der Waals surface area (Å²) in [6.45, 7) is 3.25. The maximum absolute atomic E-state index is 12.5. The molecule has 1 amide bonds. The van der Waals surface area contributed by atoms with Crippen LogP contribution < -0.4 is 14.8 Å². The van der Waals surface area contributed by atoms with Crippen LogP contribution in [0.3, 0.4) is 0 Å². The van der Waals surface area contributed by atoms with E-state index in [-0.39, 0.29) is 23.3 Å². The summed E-state index contributed by atoms with van der Waals surface area (Å²) in [5.74, 6) is 0.260. The largest absolute Gasteiger partial charge is 0.484 e. The highest BCUT2D eigenvalue weighted by Crippen LogP contribution is 2.23. The lowest BCUT2D eigenvalue weighted by atomic mass is 10.3. The van der Waals surface area contributed by atoms with Gasteiger partial charge >= 0.3 is 0 Å². The molecule has 0 saturated heterocycles. The zero-order chi connectivity index (χ0) is 21.0. The summed E-state index contributed by atoms with van der Waals surface area (Å²) in [4.78, 5) is 12.1. The van der Waals surface area contributed by atoms with Crippen molar-refractivity contribution in [3.8, 4) is 5.75 Å². The normalized spacial score (nSPS) is 11.1. The number of sulfonamides is 1. The molecule has 0 aliphatic heterocycles. The molecular weight excluding hydrogens is 462 g/mol. The van der Waals surface area contributed by atoms with Gasteiger partial charge in [0, 0.05) is 15.7 Å². The third-order valence-electron chi connectivity index (χ3n) is 4.00. The van der Waals surface area contributed by atoms with Gasteiger partial charge < -0.3 is 14.6 Å². The van der Waals surface area contributed by atoms with Gasteiger partial charge in [-0.2, -0.15) is 0 Å². The van der Waals surface area contributed by atoms with Crippen molar-refractivity contribution < 1.29 is 22.5 Å². The van der Waals surface area contributed by atoms with Gasteiger partial charge in [-0.1, -0.05) is 27.2 Å². The molecule has 0 spiro atoms. The number of hydrogen-bond acceptors (Lipinski definition) is 6. The molecule has 0 atom stereocenters. The summed E-state index contributed by atoms with van der Waals surface area (Å²) in [7, 11) is -3.84. The van der Waals surface area contributed by atoms with Gasteiger partial charge in [0.1, 0.15) is 5.75 Å². The summed E-state index contributed by atoms with van der Waals surface area (Å²) < 4.78 is 38.5. The molecule has 3 rings (SSSR count). The van der Waals surface area contributed by atoms with E-state index in [9.17, 15) is 13.2 Å². The average Bonchev–Trinajstić information content (AvgIpc) is 2.98. The fraction of sp³-hybridized carbons (Fsp3) is 0.158. The fourth-order valence-electron chi connectivity index (χ4n) is 2.31. The first-order chi connectivity index (χ1) is 13.7. The third kappa shape index (κ3) is 5.36. The van der Waals surface area contributed by atoms with Gasteiger partial charge in [0.05, 0.1) is 10.6 Å². The van der Waals surface area contributed by atoms with E-state index in [0.717, 1.165) is 4.47 Å². The Morgan fingerprint density at radius 2 is 1.90 bits per heavy atom. The van der Waals surface area contributed by atoms with Crippen LogP contribution in [0.2, 0.25) is 0 Å². The summed E-state index contributed by atoms with van der Waals surface area (Å²) in [5, 5.41) is 6.37. The van der Waals surface area contributed by atoms with Crippen molar-refractivity contribution in [2.24, 2.45) is 0 Å². The zero-order valence-electron chi connectivity index (χ0n) is 15.6. The molecule has 8 nitrogen and oxygen atoms in total. The molecule has 3 aromatic rings. The summed E-state index contributed by atoms with van der Waals surface area (Å²) >= 11 is 3.33. The Balaban J connectivity index is 1.60. The van der Waals surface area contributed by atoms with E-state index in [4.69, 9.17) is 9.26 Å². The highest BCUT2D eigenvalue weighted by atomic mass is 79.9. The number of benzene rings is 2. The van der Waals surface area contributed by atoms with E-state index >= 15 is 0 Å². The van der Waals surface area contributed by atoms with Crippen molar-refractivity contribution in [3.63, 3.8) is 0 Å². The van der Waals surface area contributed by atoms with Gasteiger partial charge in [0.15, 0.2) is 6.61 Å². The fourth-order valence-corrected chi connectivity index (χ4v) is 3.74. The minimum absolute atomic E-state index is 0.0225. The lowest BCUT2D eigenvalue weighted by Crippen LogP contribution is -2.20. The van der Waals surface area contributed by atoms with Crippen molar-refractivity contribution in [1.29, 1.82) is 0 Å². The summed E-state index contributed by atoms with van der Waals surface area (Å²) in [5.41, 5.74) is 1.66. The molecule has 0 unspecified atom stereocenters. The van der Waals surface area contributed by atoms with Crippen LogP contribution in [0.25, 0.3) is 0 Å². The minimum Gasteiger partial charge on any atom is -0.484 e. The van der Waals surface area contributed by atoms with Crippen molar-refractivity contribution >= 4 is 43.4 Å². The number of carbonyl (C=O) groups excluding carboxylic acids is 1. The maximum atomic E-state index is 12.5. The van der Waals surface area contributed by atoms with Gasteiger partial charge in [0.2, 0.25) is 5.88 Å². The molecule has 152 valence electrons. The van der Waals surface area contributed by atoms with Gasteiger partial charge in [-0.05, 0) is 56.3 Å². The number of hydrogen-bond donors (Lipinski definition) is 2. The van der Waals surface area contributed by atoms with E-state index < -0.39 is 10.0 Å². The van der Waals surface area contributed by atoms with Crippen LogP contribution in [-0.4, -0.2) is 26.1 Å². The smallest absolute Gasteiger partial charge is 0.264 e. The Kier molecular flexibility index (Phi) is 6.23. The number of nitrogens with one attached hydrogen (secondary N) is 2. The Hall–Kier alpha value is -2.85. The van der Waals surface area contributed by atoms with Crippen LogP contribution in [0.4, 0.5) is 11.6 Å². The summed E-state index contributed by atoms with van der Waals surface area (Å²) in [6.07, 6.45) is 0. The van der Waals surface area contributed by atoms with Gasteiger partial charge in [-0.25, -0.2) is 13.1 Å². The van der Waals surface area contributed by atoms with Crippen LogP contribution in [0, 0.1) is 13.8 Å². The monoisotopic (exact) mass is 479 g/mol. The van der Waals surface area contributed by atoms with E-state index in [1.54, 1.807) is 32.0 Å². The number of amides is 1. The first kappa shape index (κ1) is 20.9. The zero-order valence-corrected chi connectivity index (χ0v) is 18.0. The predicted octanol–water partition coefficient (Wildman–Crippen LogP) is 3.87. The van der Waals surface area contributed by atoms with Crippen molar-refractivity contribution in [3.05, 3.63) is 64.3 Å². The average molecular weight is 480 g/mol. The van der Waals surface area contributed by atoms with Gasteiger partial charge in [0.25, 0.3) is 15.9 Å². The second kappa shape index (κ2) is 8.66. The highest BCUT2D eigenvalue weighted by molar-refractivity contribution is 9.10. The predicted molar refractivity (Wildman–Crippen MR) is 111 cm³/mol. The molecule has 0 saturated carbocycles. The summed E-state index contributed by atoms with van der Waals surface area (Å²) in [6, 6.07) is 12.9. The number of rotatable bonds is 7. The van der Waals surface area contributed by atoms with Crippen molar-refractivity contribution in [2.75, 3.05) is 16.6 Å². The molecule has 1 aromatic heterocycles. The third-order valence-corrected chi connectivity index (χ3v) is 5.84. The van der Waals surface area contributed by atoms with Crippen LogP contribution >= 0.6 is 15.9 Å². The number of nitrogens with zero attached hydrogens (tertiary/aromatic N) is 1. The number of aromatic nitrogens is 1. The van der Waals surface area contributed by atoms with E-state index in [1.807, 2.05) is 6.07 Å². The Morgan fingerprint density at radius 3 is 2.52 bits per heavy atom. The molecule has 29 heavy (non-hydrogen) atoms. The standard InChI is InChI=1S/C19H18BrN3O5S/c1-12-13(2)22-28-19(12)23-29(25,26)17-8-6-15(7-9-17)21-18(24)11-27-16-5-3-4-14(20)10-16/h3-10,23H,11H2,1-2H3,(H,21,24). The van der Waals surface area contributed by atoms with Crippen LogP contribution in [-0.2, 0) is 14.8 Å². The first-order valence-electron chi connectivity index (χ1n) is 8.48. The van der Waals surface area contributed by atoms with E-state index in [1.165, 1.54) is 24.3 Å². The highest BCUT2D eigenvalue weighted by Gasteiger charge is 2.19. The van der Waals surface area contributed by atoms with E-state index in [0.29, 0.717) is 22.7 Å². The lowest BCUT2D eigenvalue weighted by molar-refractivity contribution is -0.118. The first-order valence-corrected chi connectivity index (χ1v) is 10.8. The number of aryl methyl sites for hydroxylation is 1. The van der Waals surface area contributed by atoms with Gasteiger partial charge in [-0.3, -0.25) is 4.79 Å². The van der Waals surface area contributed by atoms with Crippen LogP contribution in [0.15, 0.2) is 62.4 Å². The Labute approximate surface area is 176 Å². The van der Waals surface area contributed by atoms with E-state index in [2.05, 4.69) is 31.1 Å². The van der Waals surface area contributed by atoms with Crippen LogP contribution in [0.5, 0.6) is 5.75 Å². The number of carbonyl (C=O) groups is 1.